The van der Waals surface area contributed by atoms with E-state index in [2.05, 4.69) is 36.5 Å². The van der Waals surface area contributed by atoms with Crippen LogP contribution in [0, 0.1) is 5.92 Å². The van der Waals surface area contributed by atoms with E-state index in [0.29, 0.717) is 11.5 Å². The molecule has 0 radical (unpaired) electrons. The van der Waals surface area contributed by atoms with Gasteiger partial charge in [0.05, 0.1) is 0 Å². The lowest BCUT2D eigenvalue weighted by Crippen LogP contribution is -1.92. The third kappa shape index (κ3) is 3.57. The number of rotatable bonds is 5. The van der Waals surface area contributed by atoms with E-state index in [1.807, 2.05) is 24.3 Å². The van der Waals surface area contributed by atoms with Gasteiger partial charge in [-0.15, -0.1) is 0 Å². The summed E-state index contributed by atoms with van der Waals surface area (Å²) in [5.41, 5.74) is 3.34. The van der Waals surface area contributed by atoms with Gasteiger partial charge in [-0.25, -0.2) is 4.98 Å². The minimum atomic E-state index is 0.0199. The van der Waals surface area contributed by atoms with Crippen LogP contribution < -0.4 is 0 Å². The van der Waals surface area contributed by atoms with Gasteiger partial charge >= 0.3 is 0 Å². The van der Waals surface area contributed by atoms with Gasteiger partial charge in [-0.1, -0.05) is 44.7 Å². The molecule has 0 bridgehead atoms. The second-order valence-electron chi connectivity index (χ2n) is 5.36. The highest BCUT2D eigenvalue weighted by molar-refractivity contribution is 5.97. The first-order chi connectivity index (χ1) is 10.0. The fourth-order valence-electron chi connectivity index (χ4n) is 2.01. The van der Waals surface area contributed by atoms with Crippen LogP contribution in [-0.2, 0) is 0 Å². The third-order valence-corrected chi connectivity index (χ3v) is 3.18. The number of hydrogen-bond donors (Lipinski definition) is 1. The van der Waals surface area contributed by atoms with E-state index < -0.39 is 0 Å². The first-order valence-corrected chi connectivity index (χ1v) is 7.02. The van der Waals surface area contributed by atoms with Crippen molar-refractivity contribution in [3.05, 3.63) is 60.5 Å². The number of ketones is 1. The zero-order chi connectivity index (χ0) is 15.4. The van der Waals surface area contributed by atoms with E-state index in [1.165, 1.54) is 0 Å². The lowest BCUT2D eigenvalue weighted by molar-refractivity contribution is 0.101. The fraction of sp³-hybridized carbons (Fsp3) is 0.222. The molecule has 0 spiro atoms. The molecule has 0 aliphatic rings. The number of aromatic amines is 1. The number of carbonyl (C=O) groups excluding carboxylic acids is 1. The smallest absolute Gasteiger partial charge is 0.161 e. The molecule has 0 aliphatic heterocycles. The molecule has 3 heteroatoms. The summed E-state index contributed by atoms with van der Waals surface area (Å²) in [5, 5.41) is 0.929. The number of nitrogens with zero attached hydrogens (tertiary/aromatic N) is 1. The Labute approximate surface area is 125 Å². The number of hydrogen-bond acceptors (Lipinski definition) is 2. The number of H-pyrrole nitrogens is 1. The first-order valence-electron chi connectivity index (χ1n) is 7.02. The second-order valence-corrected chi connectivity index (χ2v) is 5.36. The van der Waals surface area contributed by atoms with E-state index in [0.717, 1.165) is 22.3 Å². The topological polar surface area (TPSA) is 45.8 Å². The van der Waals surface area contributed by atoms with Gasteiger partial charge in [0.25, 0.3) is 0 Å². The van der Waals surface area contributed by atoms with Crippen molar-refractivity contribution >= 4 is 22.4 Å². The molecule has 0 amide bonds. The van der Waals surface area contributed by atoms with Gasteiger partial charge in [-0.05, 0) is 30.5 Å². The van der Waals surface area contributed by atoms with Crippen molar-refractivity contribution < 1.29 is 4.79 Å². The number of aromatic nitrogens is 2. The number of nitrogens with one attached hydrogen (secondary N) is 1. The standard InChI is InChI=1S/C18H20N2O/c1-5-14(8-6-7-12(2)3)17-10-15-9-16(13(4)21)11-19-18(15)20-17/h5-12H,1H2,2-4H3,(H,19,20)/b7-6-,14-8+. The summed E-state index contributed by atoms with van der Waals surface area (Å²) in [6, 6.07) is 3.85. The molecule has 2 heterocycles. The predicted octanol–water partition coefficient (Wildman–Crippen LogP) is 4.55. The van der Waals surface area contributed by atoms with Gasteiger partial charge in [0.1, 0.15) is 5.65 Å². The van der Waals surface area contributed by atoms with Gasteiger partial charge < -0.3 is 4.98 Å². The van der Waals surface area contributed by atoms with Crippen molar-refractivity contribution in [3.63, 3.8) is 0 Å². The molecule has 3 nitrogen and oxygen atoms in total. The molecule has 2 aromatic heterocycles. The Morgan fingerprint density at radius 3 is 2.76 bits per heavy atom. The summed E-state index contributed by atoms with van der Waals surface area (Å²) in [4.78, 5) is 19.0. The minimum absolute atomic E-state index is 0.0199. The van der Waals surface area contributed by atoms with E-state index in [1.54, 1.807) is 19.2 Å². The highest BCUT2D eigenvalue weighted by Gasteiger charge is 2.07. The van der Waals surface area contributed by atoms with Gasteiger partial charge in [0.2, 0.25) is 0 Å². The average molecular weight is 280 g/mol. The highest BCUT2D eigenvalue weighted by Crippen LogP contribution is 2.21. The third-order valence-electron chi connectivity index (χ3n) is 3.18. The van der Waals surface area contributed by atoms with Crippen molar-refractivity contribution in [2.45, 2.75) is 20.8 Å². The zero-order valence-electron chi connectivity index (χ0n) is 12.7. The fourth-order valence-corrected chi connectivity index (χ4v) is 2.01. The number of Topliss-reactive ketones (excluding diaryl/α,β-unsaturated/α-hetero) is 1. The molecule has 0 fully saturated rings. The van der Waals surface area contributed by atoms with Crippen molar-refractivity contribution in [1.29, 1.82) is 0 Å². The normalized spacial score (nSPS) is 12.5. The molecular formula is C18H20N2O. The van der Waals surface area contributed by atoms with Crippen molar-refractivity contribution in [3.8, 4) is 0 Å². The summed E-state index contributed by atoms with van der Waals surface area (Å²) in [6.07, 6.45) is 9.58. The van der Waals surface area contributed by atoms with Crippen LogP contribution in [0.3, 0.4) is 0 Å². The maximum absolute atomic E-state index is 11.4. The molecule has 0 atom stereocenters. The Morgan fingerprint density at radius 1 is 1.38 bits per heavy atom. The van der Waals surface area contributed by atoms with Crippen LogP contribution in [0.5, 0.6) is 0 Å². The first kappa shape index (κ1) is 15.0. The quantitative estimate of drug-likeness (QED) is 0.645. The van der Waals surface area contributed by atoms with Crippen LogP contribution in [0.1, 0.15) is 36.8 Å². The number of fused-ring (bicyclic) bond motifs is 1. The Bertz CT molecular complexity index is 733. The Kier molecular flexibility index (Phi) is 4.53. The largest absolute Gasteiger partial charge is 0.339 e. The molecule has 108 valence electrons. The second kappa shape index (κ2) is 6.35. The molecule has 1 N–H and O–H groups in total. The Hall–Kier alpha value is -2.42. The van der Waals surface area contributed by atoms with Gasteiger partial charge in [0, 0.05) is 22.8 Å². The zero-order valence-corrected chi connectivity index (χ0v) is 12.7. The van der Waals surface area contributed by atoms with Gasteiger partial charge in [0.15, 0.2) is 5.78 Å². The maximum atomic E-state index is 11.4. The molecule has 0 unspecified atom stereocenters. The van der Waals surface area contributed by atoms with E-state index in [9.17, 15) is 4.79 Å². The average Bonchev–Trinajstić information content (AvgIpc) is 2.85. The lowest BCUT2D eigenvalue weighted by atomic mass is 10.1. The number of carbonyl (C=O) groups is 1. The molecule has 21 heavy (non-hydrogen) atoms. The summed E-state index contributed by atoms with van der Waals surface area (Å²) >= 11 is 0. The minimum Gasteiger partial charge on any atom is -0.339 e. The van der Waals surface area contributed by atoms with E-state index in [-0.39, 0.29) is 5.78 Å². The molecule has 0 saturated carbocycles. The maximum Gasteiger partial charge on any atom is 0.161 e. The molecule has 0 aromatic carbocycles. The molecule has 0 saturated heterocycles. The predicted molar refractivity (Wildman–Crippen MR) is 88.3 cm³/mol. The van der Waals surface area contributed by atoms with Crippen molar-refractivity contribution in [2.75, 3.05) is 0 Å². The Morgan fingerprint density at radius 2 is 2.14 bits per heavy atom. The van der Waals surface area contributed by atoms with Gasteiger partial charge in [-0.3, -0.25) is 4.79 Å². The van der Waals surface area contributed by atoms with Crippen molar-refractivity contribution in [2.24, 2.45) is 5.92 Å². The lowest BCUT2D eigenvalue weighted by Gasteiger charge is -1.96. The summed E-state index contributed by atoms with van der Waals surface area (Å²) < 4.78 is 0. The molecular weight excluding hydrogens is 260 g/mol. The Balaban J connectivity index is 2.41. The summed E-state index contributed by atoms with van der Waals surface area (Å²) in [5.74, 6) is 0.529. The van der Waals surface area contributed by atoms with Gasteiger partial charge in [-0.2, -0.15) is 0 Å². The van der Waals surface area contributed by atoms with Crippen LogP contribution in [0.2, 0.25) is 0 Å². The van der Waals surface area contributed by atoms with Crippen LogP contribution in [-0.4, -0.2) is 15.8 Å². The molecule has 0 aliphatic carbocycles. The van der Waals surface area contributed by atoms with E-state index in [4.69, 9.17) is 0 Å². The molecule has 2 aromatic rings. The van der Waals surface area contributed by atoms with Crippen molar-refractivity contribution in [1.82, 2.24) is 9.97 Å². The highest BCUT2D eigenvalue weighted by atomic mass is 16.1. The summed E-state index contributed by atoms with van der Waals surface area (Å²) in [6.45, 7) is 9.66. The van der Waals surface area contributed by atoms with Crippen LogP contribution in [0.25, 0.3) is 16.6 Å². The van der Waals surface area contributed by atoms with Crippen LogP contribution >= 0.6 is 0 Å². The van der Waals surface area contributed by atoms with Crippen LogP contribution in [0.4, 0.5) is 0 Å². The molecule has 2 rings (SSSR count). The van der Waals surface area contributed by atoms with Crippen LogP contribution in [0.15, 0.2) is 49.2 Å². The SMILES string of the molecule is C=C/C(=C\C=C/C(C)C)c1cc2cc(C(C)=O)cnc2[nH]1. The van der Waals surface area contributed by atoms with E-state index >= 15 is 0 Å². The number of pyridine rings is 1. The summed E-state index contributed by atoms with van der Waals surface area (Å²) in [7, 11) is 0. The monoisotopic (exact) mass is 280 g/mol. The number of allylic oxidation sites excluding steroid dienone is 5.